The first-order chi connectivity index (χ1) is 17.7. The van der Waals surface area contributed by atoms with E-state index >= 15 is 0 Å². The fourth-order valence-corrected chi connectivity index (χ4v) is 5.09. The minimum Gasteiger partial charge on any atom is -0.383 e. The summed E-state index contributed by atoms with van der Waals surface area (Å²) in [6.45, 7) is 13.7. The molecule has 0 radical (unpaired) electrons. The van der Waals surface area contributed by atoms with Crippen molar-refractivity contribution in [3.8, 4) is 0 Å². The summed E-state index contributed by atoms with van der Waals surface area (Å²) >= 11 is 0. The highest BCUT2D eigenvalue weighted by molar-refractivity contribution is 5.79. The summed E-state index contributed by atoms with van der Waals surface area (Å²) in [7, 11) is 1.73. The van der Waals surface area contributed by atoms with Gasteiger partial charge in [0.05, 0.1) is 18.5 Å². The average Bonchev–Trinajstić information content (AvgIpc) is 3.30. The van der Waals surface area contributed by atoms with Crippen LogP contribution >= 0.6 is 0 Å². The van der Waals surface area contributed by atoms with E-state index in [9.17, 15) is 9.18 Å². The van der Waals surface area contributed by atoms with Crippen LogP contribution in [0.2, 0.25) is 0 Å². The zero-order chi connectivity index (χ0) is 26.6. The maximum atomic E-state index is 14.0. The van der Waals surface area contributed by atoms with Crippen molar-refractivity contribution in [3.05, 3.63) is 17.6 Å². The van der Waals surface area contributed by atoms with Gasteiger partial charge in [0, 0.05) is 64.6 Å². The van der Waals surface area contributed by atoms with Crippen molar-refractivity contribution < 1.29 is 13.9 Å². The summed E-state index contributed by atoms with van der Waals surface area (Å²) in [6, 6.07) is 0. The number of alkyl halides is 1. The predicted molar refractivity (Wildman–Crippen MR) is 143 cm³/mol. The SMILES string of the molecule is COCCN1CCN(c2nc3nc(C(C)CCC(C)(C)C(C)F)cn3nc2CC2CCCNC2=O)CC1. The average molecular weight is 518 g/mol. The lowest BCUT2D eigenvalue weighted by Crippen LogP contribution is -2.48. The van der Waals surface area contributed by atoms with Crippen LogP contribution < -0.4 is 10.2 Å². The molecule has 2 fully saturated rings. The van der Waals surface area contributed by atoms with Crippen molar-refractivity contribution in [2.75, 3.05) is 57.9 Å². The van der Waals surface area contributed by atoms with Crippen LogP contribution in [0.1, 0.15) is 70.7 Å². The number of nitrogens with one attached hydrogen (secondary N) is 1. The quantitative estimate of drug-likeness (QED) is 0.490. The number of imidazole rings is 1. The van der Waals surface area contributed by atoms with Crippen LogP contribution in [0.3, 0.4) is 0 Å². The first-order valence-electron chi connectivity index (χ1n) is 13.8. The molecule has 2 saturated heterocycles. The van der Waals surface area contributed by atoms with Gasteiger partial charge in [0.1, 0.15) is 11.9 Å². The number of piperidine rings is 1. The van der Waals surface area contributed by atoms with Gasteiger partial charge in [0.15, 0.2) is 5.82 Å². The van der Waals surface area contributed by atoms with Gasteiger partial charge in [-0.25, -0.2) is 13.9 Å². The molecule has 2 aromatic heterocycles. The van der Waals surface area contributed by atoms with Crippen LogP contribution in [0.25, 0.3) is 5.78 Å². The van der Waals surface area contributed by atoms with E-state index in [-0.39, 0.29) is 23.2 Å². The molecule has 4 rings (SSSR count). The molecule has 3 unspecified atom stereocenters. The van der Waals surface area contributed by atoms with Crippen molar-refractivity contribution in [3.63, 3.8) is 0 Å². The van der Waals surface area contributed by atoms with Crippen LogP contribution in [0.5, 0.6) is 0 Å². The van der Waals surface area contributed by atoms with Gasteiger partial charge in [-0.05, 0) is 38.0 Å². The Morgan fingerprint density at radius 3 is 2.65 bits per heavy atom. The molecule has 9 nitrogen and oxygen atoms in total. The third-order valence-corrected chi connectivity index (χ3v) is 8.31. The van der Waals surface area contributed by atoms with Gasteiger partial charge in [0.25, 0.3) is 5.78 Å². The lowest BCUT2D eigenvalue weighted by atomic mass is 9.81. The Hall–Kier alpha value is -2.33. The minimum atomic E-state index is -0.860. The van der Waals surface area contributed by atoms with Gasteiger partial charge in [-0.15, -0.1) is 0 Å². The second-order valence-electron chi connectivity index (χ2n) is 11.5. The highest BCUT2D eigenvalue weighted by Gasteiger charge is 2.29. The molecule has 0 aromatic carbocycles. The van der Waals surface area contributed by atoms with Gasteiger partial charge < -0.3 is 15.0 Å². The van der Waals surface area contributed by atoms with Crippen molar-refractivity contribution in [2.45, 2.75) is 71.9 Å². The summed E-state index contributed by atoms with van der Waals surface area (Å²) in [5, 5.41) is 7.97. The van der Waals surface area contributed by atoms with Gasteiger partial charge in [-0.1, -0.05) is 20.8 Å². The van der Waals surface area contributed by atoms with E-state index in [4.69, 9.17) is 19.8 Å². The van der Waals surface area contributed by atoms with E-state index in [1.165, 1.54) is 0 Å². The Bertz CT molecular complexity index is 1050. The Labute approximate surface area is 220 Å². The number of rotatable bonds is 11. The van der Waals surface area contributed by atoms with E-state index in [0.717, 1.165) is 88.8 Å². The van der Waals surface area contributed by atoms with Crippen molar-refractivity contribution >= 4 is 17.5 Å². The maximum Gasteiger partial charge on any atom is 0.252 e. The number of piperazine rings is 1. The lowest BCUT2D eigenvalue weighted by molar-refractivity contribution is -0.126. The molecule has 0 aliphatic carbocycles. The summed E-state index contributed by atoms with van der Waals surface area (Å²) < 4.78 is 21.0. The number of amides is 1. The molecule has 0 spiro atoms. The second-order valence-corrected chi connectivity index (χ2v) is 11.5. The Morgan fingerprint density at radius 2 is 1.97 bits per heavy atom. The number of nitrogens with zero attached hydrogens (tertiary/aromatic N) is 6. The molecule has 3 atom stereocenters. The van der Waals surface area contributed by atoms with Crippen LogP contribution in [-0.4, -0.2) is 89.5 Å². The molecule has 206 valence electrons. The summed E-state index contributed by atoms with van der Waals surface area (Å²) in [5.41, 5.74) is 1.41. The molecule has 4 heterocycles. The third-order valence-electron chi connectivity index (χ3n) is 8.31. The molecule has 10 heteroatoms. The van der Waals surface area contributed by atoms with Crippen molar-refractivity contribution in [2.24, 2.45) is 11.3 Å². The van der Waals surface area contributed by atoms with Gasteiger partial charge >= 0.3 is 0 Å². The molecule has 2 aliphatic heterocycles. The molecular weight excluding hydrogens is 473 g/mol. The Kier molecular flexibility index (Phi) is 9.00. The minimum absolute atomic E-state index is 0.0888. The summed E-state index contributed by atoms with van der Waals surface area (Å²) in [5.74, 6) is 1.60. The van der Waals surface area contributed by atoms with E-state index < -0.39 is 6.17 Å². The largest absolute Gasteiger partial charge is 0.383 e. The van der Waals surface area contributed by atoms with Gasteiger partial charge in [-0.2, -0.15) is 10.1 Å². The fourth-order valence-electron chi connectivity index (χ4n) is 5.09. The van der Waals surface area contributed by atoms with Crippen molar-refractivity contribution in [1.29, 1.82) is 0 Å². The summed E-state index contributed by atoms with van der Waals surface area (Å²) in [6.07, 6.45) is 5.14. The van der Waals surface area contributed by atoms with Gasteiger partial charge in [-0.3, -0.25) is 9.69 Å². The monoisotopic (exact) mass is 517 g/mol. The molecule has 0 bridgehead atoms. The summed E-state index contributed by atoms with van der Waals surface area (Å²) in [4.78, 5) is 27.1. The number of anilines is 1. The molecule has 2 aromatic rings. The van der Waals surface area contributed by atoms with Crippen LogP contribution in [-0.2, 0) is 16.0 Å². The third kappa shape index (κ3) is 6.76. The number of hydrogen-bond acceptors (Lipinski definition) is 7. The fraction of sp³-hybridized carbons (Fsp3) is 0.778. The number of fused-ring (bicyclic) bond motifs is 1. The van der Waals surface area contributed by atoms with Gasteiger partial charge in [0.2, 0.25) is 5.91 Å². The smallest absolute Gasteiger partial charge is 0.252 e. The number of hydrogen-bond donors (Lipinski definition) is 1. The molecule has 0 saturated carbocycles. The predicted octanol–water partition coefficient (Wildman–Crippen LogP) is 3.23. The lowest BCUT2D eigenvalue weighted by Gasteiger charge is -2.36. The van der Waals surface area contributed by atoms with E-state index in [0.29, 0.717) is 12.2 Å². The maximum absolute atomic E-state index is 14.0. The number of methoxy groups -OCH3 is 1. The number of carbonyl (C=O) groups excluding carboxylic acids is 1. The van der Waals surface area contributed by atoms with Crippen LogP contribution in [0, 0.1) is 11.3 Å². The Balaban J connectivity index is 1.57. The second kappa shape index (κ2) is 12.0. The highest BCUT2D eigenvalue weighted by atomic mass is 19.1. The number of ether oxygens (including phenoxy) is 1. The normalized spacial score (nSPS) is 21.3. The molecule has 1 amide bonds. The number of carbonyl (C=O) groups is 1. The zero-order valence-corrected chi connectivity index (χ0v) is 23.2. The molecular formula is C27H44FN7O2. The molecule has 2 aliphatic rings. The van der Waals surface area contributed by atoms with Crippen molar-refractivity contribution in [1.82, 2.24) is 29.8 Å². The Morgan fingerprint density at radius 1 is 1.22 bits per heavy atom. The highest BCUT2D eigenvalue weighted by Crippen LogP contribution is 2.33. The zero-order valence-electron chi connectivity index (χ0n) is 23.2. The van der Waals surface area contributed by atoms with E-state index in [2.05, 4.69) is 22.0 Å². The van der Waals surface area contributed by atoms with Crippen LogP contribution in [0.15, 0.2) is 6.20 Å². The van der Waals surface area contributed by atoms with E-state index in [1.807, 2.05) is 20.0 Å². The first kappa shape index (κ1) is 27.7. The molecule has 37 heavy (non-hydrogen) atoms. The van der Waals surface area contributed by atoms with Crippen LogP contribution in [0.4, 0.5) is 10.2 Å². The number of halogens is 1. The standard InChI is InChI=1S/C27H44FN7O2/c1-19(8-9-27(3,4)20(2)28)23-18-35-26(30-23)31-24(34-13-11-33(12-14-34)15-16-37-5)22(32-35)17-21-7-6-10-29-25(21)36/h18-21H,6-17H2,1-5H3,(H,29,36). The number of aromatic nitrogens is 4. The topological polar surface area (TPSA) is 87.9 Å². The first-order valence-corrected chi connectivity index (χ1v) is 13.8. The molecule has 1 N–H and O–H groups in total. The van der Waals surface area contributed by atoms with E-state index in [1.54, 1.807) is 18.5 Å².